The maximum atomic E-state index is 12.2. The summed E-state index contributed by atoms with van der Waals surface area (Å²) in [6.07, 6.45) is 0. The number of nitrogens with zero attached hydrogens (tertiary/aromatic N) is 1. The zero-order valence-corrected chi connectivity index (χ0v) is 10.9. The van der Waals surface area contributed by atoms with Crippen LogP contribution in [0.25, 0.3) is 0 Å². The molecule has 1 aliphatic rings. The predicted molar refractivity (Wildman–Crippen MR) is 65.8 cm³/mol. The first kappa shape index (κ1) is 12.2. The molecule has 0 unspecified atom stereocenters. The lowest BCUT2D eigenvalue weighted by atomic mass is 9.80. The minimum Gasteiger partial charge on any atom is -0.466 e. The summed E-state index contributed by atoms with van der Waals surface area (Å²) in [7, 11) is 0. The average molecular weight is 236 g/mol. The van der Waals surface area contributed by atoms with Gasteiger partial charge in [-0.3, -0.25) is 4.79 Å². The lowest BCUT2D eigenvalue weighted by Crippen LogP contribution is -2.71. The fourth-order valence-electron chi connectivity index (χ4n) is 2.19. The van der Waals surface area contributed by atoms with E-state index in [1.165, 1.54) is 0 Å². The molecule has 0 aliphatic carbocycles. The van der Waals surface area contributed by atoms with Gasteiger partial charge < -0.3 is 15.1 Å². The van der Waals surface area contributed by atoms with Gasteiger partial charge in [-0.1, -0.05) is 13.8 Å². The fraction of sp³-hybridized carbons (Fsp3) is 0.615. The van der Waals surface area contributed by atoms with E-state index in [9.17, 15) is 4.79 Å². The molecule has 1 fully saturated rings. The van der Waals surface area contributed by atoms with Gasteiger partial charge in [0.05, 0.1) is 11.1 Å². The molecule has 1 aromatic heterocycles. The van der Waals surface area contributed by atoms with Gasteiger partial charge in [-0.25, -0.2) is 0 Å². The Bertz CT molecular complexity index is 442. The van der Waals surface area contributed by atoms with Crippen molar-refractivity contribution in [2.24, 2.45) is 11.7 Å². The molecule has 94 valence electrons. The lowest BCUT2D eigenvalue weighted by molar-refractivity contribution is 0.0273. The van der Waals surface area contributed by atoms with Crippen LogP contribution in [0, 0.1) is 19.8 Å². The van der Waals surface area contributed by atoms with Crippen molar-refractivity contribution in [3.05, 3.63) is 23.2 Å². The number of carbonyl (C=O) groups excluding carboxylic acids is 1. The zero-order valence-electron chi connectivity index (χ0n) is 10.9. The molecule has 1 aromatic rings. The van der Waals surface area contributed by atoms with Crippen molar-refractivity contribution in [1.82, 2.24) is 4.90 Å². The third kappa shape index (κ3) is 1.97. The van der Waals surface area contributed by atoms with Crippen molar-refractivity contribution in [1.29, 1.82) is 0 Å². The van der Waals surface area contributed by atoms with E-state index < -0.39 is 0 Å². The molecular weight excluding hydrogens is 216 g/mol. The van der Waals surface area contributed by atoms with E-state index in [1.54, 1.807) is 11.0 Å². The van der Waals surface area contributed by atoms with E-state index in [-0.39, 0.29) is 11.4 Å². The first-order chi connectivity index (χ1) is 7.83. The Morgan fingerprint density at radius 3 is 2.47 bits per heavy atom. The first-order valence-electron chi connectivity index (χ1n) is 5.98. The number of hydrogen-bond acceptors (Lipinski definition) is 3. The first-order valence-corrected chi connectivity index (χ1v) is 5.98. The maximum absolute atomic E-state index is 12.2. The van der Waals surface area contributed by atoms with E-state index in [0.717, 1.165) is 5.76 Å². The molecule has 0 radical (unpaired) electrons. The Morgan fingerprint density at radius 1 is 1.47 bits per heavy atom. The Labute approximate surface area is 102 Å². The van der Waals surface area contributed by atoms with E-state index in [2.05, 4.69) is 13.8 Å². The minimum atomic E-state index is -0.220. The van der Waals surface area contributed by atoms with Crippen LogP contribution in [0.4, 0.5) is 0 Å². The third-order valence-electron chi connectivity index (χ3n) is 3.68. The summed E-state index contributed by atoms with van der Waals surface area (Å²) >= 11 is 0. The second kappa shape index (κ2) is 3.88. The summed E-state index contributed by atoms with van der Waals surface area (Å²) in [6.45, 7) is 9.11. The Kier molecular flexibility index (Phi) is 2.78. The average Bonchev–Trinajstić information content (AvgIpc) is 2.51. The van der Waals surface area contributed by atoms with Crippen LogP contribution in [0.5, 0.6) is 0 Å². The highest BCUT2D eigenvalue weighted by atomic mass is 16.3. The molecule has 1 amide bonds. The van der Waals surface area contributed by atoms with Gasteiger partial charge in [-0.15, -0.1) is 0 Å². The van der Waals surface area contributed by atoms with Crippen LogP contribution in [0.15, 0.2) is 10.5 Å². The highest BCUT2D eigenvalue weighted by molar-refractivity contribution is 5.96. The summed E-state index contributed by atoms with van der Waals surface area (Å²) in [4.78, 5) is 14.0. The summed E-state index contributed by atoms with van der Waals surface area (Å²) in [5.74, 6) is 1.88. The monoisotopic (exact) mass is 236 g/mol. The molecule has 4 heteroatoms. The fourth-order valence-corrected chi connectivity index (χ4v) is 2.19. The molecule has 0 atom stereocenters. The van der Waals surface area contributed by atoms with E-state index in [4.69, 9.17) is 10.2 Å². The maximum Gasteiger partial charge on any atom is 0.257 e. The number of hydrogen-bond donors (Lipinski definition) is 1. The van der Waals surface area contributed by atoms with Gasteiger partial charge >= 0.3 is 0 Å². The number of likely N-dealkylation sites (tertiary alicyclic amines) is 1. The van der Waals surface area contributed by atoms with Crippen molar-refractivity contribution in [2.75, 3.05) is 13.1 Å². The Balaban J connectivity index is 2.08. The quantitative estimate of drug-likeness (QED) is 0.850. The van der Waals surface area contributed by atoms with Gasteiger partial charge in [0.15, 0.2) is 0 Å². The predicted octanol–water partition coefficient (Wildman–Crippen LogP) is 1.71. The SMILES string of the molecule is Cc1cc(C(=O)N2CC(N)(C(C)C)C2)c(C)o1. The molecule has 0 bridgehead atoms. The van der Waals surface area contributed by atoms with Crippen molar-refractivity contribution < 1.29 is 9.21 Å². The second-order valence-electron chi connectivity index (χ2n) is 5.38. The van der Waals surface area contributed by atoms with Crippen LogP contribution in [-0.4, -0.2) is 29.4 Å². The van der Waals surface area contributed by atoms with Gasteiger partial charge in [0.25, 0.3) is 5.91 Å². The van der Waals surface area contributed by atoms with Crippen LogP contribution in [0.2, 0.25) is 0 Å². The van der Waals surface area contributed by atoms with Gasteiger partial charge in [0.2, 0.25) is 0 Å². The summed E-state index contributed by atoms with van der Waals surface area (Å²) in [5.41, 5.74) is 6.62. The minimum absolute atomic E-state index is 0.0288. The van der Waals surface area contributed by atoms with Crippen LogP contribution < -0.4 is 5.73 Å². The Morgan fingerprint density at radius 2 is 2.06 bits per heavy atom. The number of furan rings is 1. The van der Waals surface area contributed by atoms with Gasteiger partial charge in [-0.2, -0.15) is 0 Å². The molecule has 0 spiro atoms. The molecular formula is C13H20N2O2. The second-order valence-corrected chi connectivity index (χ2v) is 5.38. The van der Waals surface area contributed by atoms with Crippen LogP contribution in [-0.2, 0) is 0 Å². The largest absolute Gasteiger partial charge is 0.466 e. The number of amides is 1. The van der Waals surface area contributed by atoms with Crippen molar-refractivity contribution >= 4 is 5.91 Å². The van der Waals surface area contributed by atoms with Gasteiger partial charge in [0, 0.05) is 13.1 Å². The number of nitrogens with two attached hydrogens (primary N) is 1. The normalized spacial score (nSPS) is 18.4. The number of aryl methyl sites for hydroxylation is 2. The van der Waals surface area contributed by atoms with Crippen molar-refractivity contribution in [3.63, 3.8) is 0 Å². The smallest absolute Gasteiger partial charge is 0.257 e. The molecule has 2 rings (SSSR count). The third-order valence-corrected chi connectivity index (χ3v) is 3.68. The van der Waals surface area contributed by atoms with Gasteiger partial charge in [-0.05, 0) is 25.8 Å². The summed E-state index contributed by atoms with van der Waals surface area (Å²) in [6, 6.07) is 1.80. The van der Waals surface area contributed by atoms with Crippen LogP contribution in [0.3, 0.4) is 0 Å². The van der Waals surface area contributed by atoms with Gasteiger partial charge in [0.1, 0.15) is 11.5 Å². The number of rotatable bonds is 2. The van der Waals surface area contributed by atoms with E-state index in [1.807, 2.05) is 13.8 Å². The van der Waals surface area contributed by atoms with Crippen molar-refractivity contribution in [2.45, 2.75) is 33.2 Å². The molecule has 2 heterocycles. The molecule has 4 nitrogen and oxygen atoms in total. The Hall–Kier alpha value is -1.29. The number of carbonyl (C=O) groups is 1. The van der Waals surface area contributed by atoms with E-state index in [0.29, 0.717) is 30.3 Å². The summed E-state index contributed by atoms with van der Waals surface area (Å²) in [5, 5.41) is 0. The summed E-state index contributed by atoms with van der Waals surface area (Å²) < 4.78 is 5.38. The van der Waals surface area contributed by atoms with Crippen LogP contribution in [0.1, 0.15) is 35.7 Å². The molecule has 1 saturated heterocycles. The zero-order chi connectivity index (χ0) is 12.8. The highest BCUT2D eigenvalue weighted by Crippen LogP contribution is 2.28. The topological polar surface area (TPSA) is 59.5 Å². The van der Waals surface area contributed by atoms with Crippen molar-refractivity contribution in [3.8, 4) is 0 Å². The highest BCUT2D eigenvalue weighted by Gasteiger charge is 2.44. The molecule has 0 saturated carbocycles. The van der Waals surface area contributed by atoms with E-state index >= 15 is 0 Å². The molecule has 0 aromatic carbocycles. The standard InChI is InChI=1S/C13H20N2O2/c1-8(2)13(14)6-15(7-13)12(16)11-5-9(3)17-10(11)4/h5,8H,6-7,14H2,1-4H3. The van der Waals surface area contributed by atoms with Crippen LogP contribution >= 0.6 is 0 Å². The molecule has 2 N–H and O–H groups in total. The lowest BCUT2D eigenvalue weighted by Gasteiger charge is -2.50. The molecule has 1 aliphatic heterocycles. The molecule has 17 heavy (non-hydrogen) atoms.